The Labute approximate surface area is 141 Å². The zero-order valence-corrected chi connectivity index (χ0v) is 14.2. The van der Waals surface area contributed by atoms with Crippen LogP contribution >= 0.6 is 23.4 Å². The number of hydrogen-bond donors (Lipinski definition) is 0. The summed E-state index contributed by atoms with van der Waals surface area (Å²) in [5, 5.41) is 0.818. The van der Waals surface area contributed by atoms with Gasteiger partial charge in [-0.25, -0.2) is 0 Å². The number of nitrogens with zero attached hydrogens (tertiary/aromatic N) is 1. The second-order valence-electron chi connectivity index (χ2n) is 6.02. The first kappa shape index (κ1) is 14.4. The van der Waals surface area contributed by atoms with Gasteiger partial charge in [0.1, 0.15) is 0 Å². The minimum absolute atomic E-state index is 0.818. The summed E-state index contributed by atoms with van der Waals surface area (Å²) in [5.41, 5.74) is 5.79. The molecule has 1 saturated heterocycles. The van der Waals surface area contributed by atoms with Gasteiger partial charge >= 0.3 is 0 Å². The molecule has 0 aromatic heterocycles. The van der Waals surface area contributed by atoms with Crippen LogP contribution in [0.3, 0.4) is 0 Å². The summed E-state index contributed by atoms with van der Waals surface area (Å²) in [6, 6.07) is 15.1. The van der Waals surface area contributed by atoms with Gasteiger partial charge in [0, 0.05) is 27.9 Å². The molecule has 4 rings (SSSR count). The van der Waals surface area contributed by atoms with Crippen molar-refractivity contribution in [2.75, 3.05) is 20.1 Å². The molecule has 3 heteroatoms. The fourth-order valence-electron chi connectivity index (χ4n) is 3.33. The summed E-state index contributed by atoms with van der Waals surface area (Å²) < 4.78 is 0. The molecule has 2 aromatic carbocycles. The number of likely N-dealkylation sites (tertiary alicyclic amines) is 1. The first-order chi connectivity index (χ1) is 10.7. The largest absolute Gasteiger partial charge is 0.306 e. The van der Waals surface area contributed by atoms with E-state index in [9.17, 15) is 0 Å². The zero-order valence-electron chi connectivity index (χ0n) is 12.6. The van der Waals surface area contributed by atoms with Crippen molar-refractivity contribution in [2.45, 2.75) is 22.6 Å². The number of hydrogen-bond acceptors (Lipinski definition) is 2. The lowest BCUT2D eigenvalue weighted by atomic mass is 9.88. The Morgan fingerprint density at radius 2 is 1.68 bits per heavy atom. The van der Waals surface area contributed by atoms with Crippen molar-refractivity contribution in [3.8, 4) is 0 Å². The topological polar surface area (TPSA) is 3.24 Å². The van der Waals surface area contributed by atoms with Crippen molar-refractivity contribution in [3.05, 3.63) is 64.2 Å². The molecule has 1 nitrogen and oxygen atoms in total. The van der Waals surface area contributed by atoms with E-state index in [1.165, 1.54) is 26.5 Å². The lowest BCUT2D eigenvalue weighted by Crippen LogP contribution is -2.27. The minimum atomic E-state index is 0.818. The summed E-state index contributed by atoms with van der Waals surface area (Å²) in [5.74, 6) is 0. The van der Waals surface area contributed by atoms with Crippen molar-refractivity contribution in [2.24, 2.45) is 0 Å². The van der Waals surface area contributed by atoms with E-state index in [2.05, 4.69) is 48.3 Å². The van der Waals surface area contributed by atoms with Crippen LogP contribution in [0.25, 0.3) is 5.57 Å². The molecule has 0 unspecified atom stereocenters. The second-order valence-corrected chi connectivity index (χ2v) is 7.54. The number of halogens is 1. The molecule has 0 atom stereocenters. The van der Waals surface area contributed by atoms with Crippen molar-refractivity contribution >= 4 is 28.9 Å². The average Bonchev–Trinajstić information content (AvgIpc) is 2.53. The Hall–Kier alpha value is -1.22. The van der Waals surface area contributed by atoms with Gasteiger partial charge in [-0.2, -0.15) is 0 Å². The van der Waals surface area contributed by atoms with Gasteiger partial charge < -0.3 is 4.90 Å². The molecule has 22 heavy (non-hydrogen) atoms. The molecule has 0 amide bonds. The van der Waals surface area contributed by atoms with Crippen LogP contribution in [0, 0.1) is 0 Å². The summed E-state index contributed by atoms with van der Waals surface area (Å²) in [7, 11) is 2.21. The fraction of sp³-hybridized carbons (Fsp3) is 0.263. The quantitative estimate of drug-likeness (QED) is 0.549. The molecule has 0 N–H and O–H groups in total. The SMILES string of the molecule is CN1CCC(=C2c3ccccc3Sc3cc(Cl)ccc32)CC1. The summed E-state index contributed by atoms with van der Waals surface area (Å²) in [6.07, 6.45) is 2.32. The molecule has 2 aliphatic rings. The molecular weight excluding hydrogens is 310 g/mol. The maximum Gasteiger partial charge on any atom is 0.0417 e. The molecule has 0 bridgehead atoms. The van der Waals surface area contributed by atoms with Crippen LogP contribution in [0.1, 0.15) is 24.0 Å². The second kappa shape index (κ2) is 5.77. The molecule has 1 fully saturated rings. The first-order valence-corrected chi connectivity index (χ1v) is 8.89. The van der Waals surface area contributed by atoms with E-state index in [1.807, 2.05) is 17.8 Å². The van der Waals surface area contributed by atoms with Crippen molar-refractivity contribution in [3.63, 3.8) is 0 Å². The standard InChI is InChI=1S/C19H18ClNS/c1-21-10-8-13(9-11-21)19-15-4-2-3-5-17(15)22-18-12-14(20)6-7-16(18)19/h2-7,12H,8-11H2,1H3. The highest BCUT2D eigenvalue weighted by Crippen LogP contribution is 2.48. The van der Waals surface area contributed by atoms with E-state index in [-0.39, 0.29) is 0 Å². The Kier molecular flexibility index (Phi) is 3.77. The maximum absolute atomic E-state index is 6.22. The molecule has 0 aliphatic carbocycles. The Bertz CT molecular complexity index is 756. The number of fused-ring (bicyclic) bond motifs is 2. The van der Waals surface area contributed by atoms with E-state index >= 15 is 0 Å². The van der Waals surface area contributed by atoms with Crippen LogP contribution in [0.4, 0.5) is 0 Å². The fourth-order valence-corrected chi connectivity index (χ4v) is 4.70. The first-order valence-electron chi connectivity index (χ1n) is 7.70. The van der Waals surface area contributed by atoms with E-state index in [1.54, 1.807) is 5.57 Å². The predicted molar refractivity (Wildman–Crippen MR) is 94.8 cm³/mol. The highest BCUT2D eigenvalue weighted by atomic mass is 35.5. The van der Waals surface area contributed by atoms with Gasteiger partial charge in [-0.1, -0.05) is 53.2 Å². The van der Waals surface area contributed by atoms with Crippen molar-refractivity contribution in [1.29, 1.82) is 0 Å². The van der Waals surface area contributed by atoms with Crippen LogP contribution in [-0.2, 0) is 0 Å². The summed E-state index contributed by atoms with van der Waals surface area (Å²) in [4.78, 5) is 5.04. The van der Waals surface area contributed by atoms with Gasteiger partial charge in [0.25, 0.3) is 0 Å². The molecule has 0 spiro atoms. The molecule has 112 valence electrons. The van der Waals surface area contributed by atoms with E-state index in [4.69, 9.17) is 11.6 Å². The monoisotopic (exact) mass is 327 g/mol. The lowest BCUT2D eigenvalue weighted by molar-refractivity contribution is 0.313. The maximum atomic E-state index is 6.22. The van der Waals surface area contributed by atoms with Crippen LogP contribution in [0.2, 0.25) is 5.02 Å². The Morgan fingerprint density at radius 3 is 2.50 bits per heavy atom. The predicted octanol–water partition coefficient (Wildman–Crippen LogP) is 5.33. The van der Waals surface area contributed by atoms with Crippen LogP contribution in [0.5, 0.6) is 0 Å². The normalized spacial score (nSPS) is 18.1. The molecule has 2 heterocycles. The van der Waals surface area contributed by atoms with Crippen LogP contribution < -0.4 is 0 Å². The van der Waals surface area contributed by atoms with Crippen molar-refractivity contribution < 1.29 is 0 Å². The van der Waals surface area contributed by atoms with Gasteiger partial charge in [0.15, 0.2) is 0 Å². The highest BCUT2D eigenvalue weighted by Gasteiger charge is 2.25. The van der Waals surface area contributed by atoms with Gasteiger partial charge in [-0.15, -0.1) is 0 Å². The summed E-state index contributed by atoms with van der Waals surface area (Å²) >= 11 is 8.06. The Balaban J connectivity index is 1.92. The number of benzene rings is 2. The van der Waals surface area contributed by atoms with Gasteiger partial charge in [0.05, 0.1) is 0 Å². The van der Waals surface area contributed by atoms with Crippen molar-refractivity contribution in [1.82, 2.24) is 4.90 Å². The zero-order chi connectivity index (χ0) is 15.1. The van der Waals surface area contributed by atoms with E-state index in [0.717, 1.165) is 31.0 Å². The molecular formula is C19H18ClNS. The minimum Gasteiger partial charge on any atom is -0.306 e. The van der Waals surface area contributed by atoms with Gasteiger partial charge in [0.2, 0.25) is 0 Å². The van der Waals surface area contributed by atoms with Gasteiger partial charge in [-0.05, 0) is 54.8 Å². The number of rotatable bonds is 0. The molecule has 0 saturated carbocycles. The lowest BCUT2D eigenvalue weighted by Gasteiger charge is -2.30. The highest BCUT2D eigenvalue weighted by molar-refractivity contribution is 7.99. The smallest absolute Gasteiger partial charge is 0.0417 e. The third-order valence-electron chi connectivity index (χ3n) is 4.53. The van der Waals surface area contributed by atoms with Crippen LogP contribution in [-0.4, -0.2) is 25.0 Å². The summed E-state index contributed by atoms with van der Waals surface area (Å²) in [6.45, 7) is 2.30. The molecule has 2 aliphatic heterocycles. The van der Waals surface area contributed by atoms with Crippen LogP contribution in [0.15, 0.2) is 57.8 Å². The van der Waals surface area contributed by atoms with E-state index in [0.29, 0.717) is 0 Å². The van der Waals surface area contributed by atoms with E-state index < -0.39 is 0 Å². The Morgan fingerprint density at radius 1 is 0.955 bits per heavy atom. The number of piperidine rings is 1. The average molecular weight is 328 g/mol. The van der Waals surface area contributed by atoms with Gasteiger partial charge in [-0.3, -0.25) is 0 Å². The third-order valence-corrected chi connectivity index (χ3v) is 5.90. The third kappa shape index (κ3) is 2.50. The molecule has 0 radical (unpaired) electrons. The molecule has 2 aromatic rings.